The Labute approximate surface area is 104 Å². The molecule has 2 heteroatoms. The zero-order valence-corrected chi connectivity index (χ0v) is 12.2. The Morgan fingerprint density at radius 2 is 1.25 bits per heavy atom. The first kappa shape index (κ1) is 11.5. The predicted octanol–water partition coefficient (Wildman–Crippen LogP) is 4.44. The molecule has 12 heavy (non-hydrogen) atoms. The molecule has 4 atom stereocenters. The molecular formula is C10H18I2. The number of rotatable bonds is 2. The van der Waals surface area contributed by atoms with E-state index in [1.54, 1.807) is 0 Å². The van der Waals surface area contributed by atoms with Crippen LogP contribution < -0.4 is 0 Å². The van der Waals surface area contributed by atoms with Crippen LogP contribution in [0.3, 0.4) is 0 Å². The summed E-state index contributed by atoms with van der Waals surface area (Å²) in [6.07, 6.45) is 5.70. The van der Waals surface area contributed by atoms with E-state index in [1.165, 1.54) is 25.7 Å². The fourth-order valence-corrected chi connectivity index (χ4v) is 4.15. The van der Waals surface area contributed by atoms with Gasteiger partial charge in [0.1, 0.15) is 0 Å². The molecule has 1 saturated carbocycles. The van der Waals surface area contributed by atoms with Gasteiger partial charge in [-0.3, -0.25) is 0 Å². The van der Waals surface area contributed by atoms with Crippen LogP contribution in [0, 0.1) is 11.8 Å². The number of hydrogen-bond donors (Lipinski definition) is 0. The average molecular weight is 392 g/mol. The fraction of sp³-hybridized carbons (Fsp3) is 1.00. The van der Waals surface area contributed by atoms with E-state index in [9.17, 15) is 0 Å². The van der Waals surface area contributed by atoms with Gasteiger partial charge < -0.3 is 0 Å². The highest BCUT2D eigenvalue weighted by molar-refractivity contribution is 14.1. The number of alkyl halides is 2. The lowest BCUT2D eigenvalue weighted by Gasteiger charge is -2.36. The van der Waals surface area contributed by atoms with Crippen LogP contribution in [0.2, 0.25) is 0 Å². The maximum absolute atomic E-state index is 2.64. The Bertz CT molecular complexity index is 120. The quantitative estimate of drug-likeness (QED) is 0.482. The predicted molar refractivity (Wildman–Crippen MR) is 72.4 cm³/mol. The number of halogens is 2. The molecule has 0 aromatic rings. The second-order valence-electron chi connectivity index (χ2n) is 3.84. The molecule has 0 spiro atoms. The molecule has 0 bridgehead atoms. The van der Waals surface area contributed by atoms with Gasteiger partial charge in [0.05, 0.1) is 0 Å². The van der Waals surface area contributed by atoms with Crippen molar-refractivity contribution in [1.29, 1.82) is 0 Å². The third-order valence-electron chi connectivity index (χ3n) is 3.16. The SMILES string of the molecule is CC[C@@H]1CC(I)C(I)C[C@@H]1CC. The van der Waals surface area contributed by atoms with Crippen LogP contribution in [0.1, 0.15) is 39.5 Å². The van der Waals surface area contributed by atoms with Gasteiger partial charge in [-0.1, -0.05) is 71.9 Å². The Morgan fingerprint density at radius 1 is 0.917 bits per heavy atom. The van der Waals surface area contributed by atoms with Crippen LogP contribution in [-0.4, -0.2) is 7.85 Å². The molecule has 72 valence electrons. The Kier molecular flexibility index (Phi) is 5.16. The van der Waals surface area contributed by atoms with E-state index >= 15 is 0 Å². The molecule has 1 aliphatic rings. The van der Waals surface area contributed by atoms with Crippen molar-refractivity contribution in [3.63, 3.8) is 0 Å². The van der Waals surface area contributed by atoms with E-state index in [1.807, 2.05) is 0 Å². The van der Waals surface area contributed by atoms with E-state index in [4.69, 9.17) is 0 Å². The molecule has 1 fully saturated rings. The van der Waals surface area contributed by atoms with E-state index in [0.29, 0.717) is 0 Å². The molecular weight excluding hydrogens is 374 g/mol. The van der Waals surface area contributed by atoms with Crippen LogP contribution in [0.5, 0.6) is 0 Å². The van der Waals surface area contributed by atoms with Crippen molar-refractivity contribution in [3.05, 3.63) is 0 Å². The van der Waals surface area contributed by atoms with Gasteiger partial charge in [-0.25, -0.2) is 0 Å². The second-order valence-corrected chi connectivity index (χ2v) is 7.04. The minimum absolute atomic E-state index is 0.927. The van der Waals surface area contributed by atoms with Crippen molar-refractivity contribution >= 4 is 45.2 Å². The van der Waals surface area contributed by atoms with Crippen molar-refractivity contribution < 1.29 is 0 Å². The zero-order valence-electron chi connectivity index (χ0n) is 7.89. The summed E-state index contributed by atoms with van der Waals surface area (Å²) in [7, 11) is 0. The molecule has 0 aliphatic heterocycles. The molecule has 0 saturated heterocycles. The summed E-state index contributed by atoms with van der Waals surface area (Å²) in [5.41, 5.74) is 0. The van der Waals surface area contributed by atoms with Crippen molar-refractivity contribution in [2.24, 2.45) is 11.8 Å². The fourth-order valence-electron chi connectivity index (χ4n) is 2.26. The summed E-state index contributed by atoms with van der Waals surface area (Å²) in [5.74, 6) is 2.03. The van der Waals surface area contributed by atoms with Crippen molar-refractivity contribution in [2.45, 2.75) is 47.4 Å². The van der Waals surface area contributed by atoms with Gasteiger partial charge in [0.25, 0.3) is 0 Å². The molecule has 0 N–H and O–H groups in total. The van der Waals surface area contributed by atoms with Crippen molar-refractivity contribution in [3.8, 4) is 0 Å². The summed E-state index contributed by atoms with van der Waals surface area (Å²) in [6.45, 7) is 4.70. The van der Waals surface area contributed by atoms with Crippen LogP contribution in [0.4, 0.5) is 0 Å². The molecule has 0 amide bonds. The molecule has 1 rings (SSSR count). The minimum atomic E-state index is 0.927. The van der Waals surface area contributed by atoms with Gasteiger partial charge >= 0.3 is 0 Å². The van der Waals surface area contributed by atoms with Crippen molar-refractivity contribution in [1.82, 2.24) is 0 Å². The highest BCUT2D eigenvalue weighted by Gasteiger charge is 2.32. The lowest BCUT2D eigenvalue weighted by Crippen LogP contribution is -2.31. The monoisotopic (exact) mass is 392 g/mol. The largest absolute Gasteiger partial charge is 0.0815 e. The third-order valence-corrected chi connectivity index (χ3v) is 7.29. The average Bonchev–Trinajstić information content (AvgIpc) is 2.09. The first-order valence-electron chi connectivity index (χ1n) is 4.97. The topological polar surface area (TPSA) is 0 Å². The molecule has 0 radical (unpaired) electrons. The summed E-state index contributed by atoms with van der Waals surface area (Å²) in [4.78, 5) is 0. The Hall–Kier alpha value is 1.46. The third kappa shape index (κ3) is 2.72. The van der Waals surface area contributed by atoms with E-state index in [2.05, 4.69) is 59.0 Å². The summed E-state index contributed by atoms with van der Waals surface area (Å²) < 4.78 is 1.85. The first-order valence-corrected chi connectivity index (χ1v) is 7.46. The Balaban J connectivity index is 2.52. The normalized spacial score (nSPS) is 43.0. The summed E-state index contributed by atoms with van der Waals surface area (Å²) in [5, 5.41) is 0. The van der Waals surface area contributed by atoms with Gasteiger partial charge in [0, 0.05) is 7.85 Å². The number of hydrogen-bond acceptors (Lipinski definition) is 0. The van der Waals surface area contributed by atoms with Crippen LogP contribution in [0.25, 0.3) is 0 Å². The summed E-state index contributed by atoms with van der Waals surface area (Å²) in [6, 6.07) is 0. The molecule has 1 aliphatic carbocycles. The molecule has 0 aromatic carbocycles. The first-order chi connectivity index (χ1) is 5.69. The van der Waals surface area contributed by atoms with Crippen molar-refractivity contribution in [2.75, 3.05) is 0 Å². The molecule has 2 unspecified atom stereocenters. The van der Waals surface area contributed by atoms with E-state index < -0.39 is 0 Å². The maximum atomic E-state index is 2.64. The highest BCUT2D eigenvalue weighted by atomic mass is 127. The molecule has 0 heterocycles. The van der Waals surface area contributed by atoms with Gasteiger partial charge in [-0.15, -0.1) is 0 Å². The lowest BCUT2D eigenvalue weighted by atomic mass is 9.76. The standard InChI is InChI=1S/C10H18I2/c1-3-7-5-9(11)10(12)6-8(7)4-2/h7-10H,3-6H2,1-2H3/t7-,8+,9?,10?. The van der Waals surface area contributed by atoms with Gasteiger partial charge in [-0.05, 0) is 24.7 Å². The molecule has 0 nitrogen and oxygen atoms in total. The zero-order chi connectivity index (χ0) is 9.14. The van der Waals surface area contributed by atoms with Crippen LogP contribution in [0.15, 0.2) is 0 Å². The highest BCUT2D eigenvalue weighted by Crippen LogP contribution is 2.40. The van der Waals surface area contributed by atoms with Gasteiger partial charge in [0.2, 0.25) is 0 Å². The second kappa shape index (κ2) is 5.37. The van der Waals surface area contributed by atoms with Crippen LogP contribution in [-0.2, 0) is 0 Å². The van der Waals surface area contributed by atoms with E-state index in [-0.39, 0.29) is 0 Å². The Morgan fingerprint density at radius 3 is 1.50 bits per heavy atom. The molecule has 0 aromatic heterocycles. The van der Waals surface area contributed by atoms with Gasteiger partial charge in [-0.2, -0.15) is 0 Å². The smallest absolute Gasteiger partial charge is 0.0230 e. The summed E-state index contributed by atoms with van der Waals surface area (Å²) >= 11 is 5.28. The van der Waals surface area contributed by atoms with E-state index in [0.717, 1.165) is 19.7 Å². The van der Waals surface area contributed by atoms with Crippen LogP contribution >= 0.6 is 45.2 Å². The maximum Gasteiger partial charge on any atom is 0.0230 e. The lowest BCUT2D eigenvalue weighted by molar-refractivity contribution is 0.242. The minimum Gasteiger partial charge on any atom is -0.0815 e. The van der Waals surface area contributed by atoms with Gasteiger partial charge in [0.15, 0.2) is 0 Å².